The second kappa shape index (κ2) is 5.00. The molecule has 0 amide bonds. The first-order chi connectivity index (χ1) is 8.20. The van der Waals surface area contributed by atoms with Crippen molar-refractivity contribution < 1.29 is 0 Å². The first-order valence-corrected chi connectivity index (χ1v) is 5.96. The van der Waals surface area contributed by atoms with Gasteiger partial charge in [0.1, 0.15) is 5.82 Å². The highest BCUT2D eigenvalue weighted by Crippen LogP contribution is 2.27. The van der Waals surface area contributed by atoms with Crippen LogP contribution in [0.2, 0.25) is 0 Å². The fourth-order valence-corrected chi connectivity index (χ4v) is 2.24. The van der Waals surface area contributed by atoms with Crippen LogP contribution in [0.3, 0.4) is 0 Å². The maximum atomic E-state index is 9.12. The minimum absolute atomic E-state index is 0.0688. The van der Waals surface area contributed by atoms with E-state index in [1.54, 1.807) is 6.20 Å². The van der Waals surface area contributed by atoms with Crippen molar-refractivity contribution in [1.82, 2.24) is 9.97 Å². The molecule has 1 heterocycles. The Morgan fingerprint density at radius 2 is 2.24 bits per heavy atom. The number of aryl methyl sites for hydroxylation is 1. The fraction of sp³-hybridized carbons (Fsp3) is 0.583. The van der Waals surface area contributed by atoms with Crippen molar-refractivity contribution in [1.29, 1.82) is 5.26 Å². The summed E-state index contributed by atoms with van der Waals surface area (Å²) in [7, 11) is 0. The van der Waals surface area contributed by atoms with Gasteiger partial charge in [0.15, 0.2) is 0 Å². The van der Waals surface area contributed by atoms with Crippen LogP contribution >= 0.6 is 0 Å². The summed E-state index contributed by atoms with van der Waals surface area (Å²) < 4.78 is 0. The van der Waals surface area contributed by atoms with Crippen molar-refractivity contribution in [3.63, 3.8) is 0 Å². The highest BCUT2D eigenvalue weighted by molar-refractivity contribution is 5.46. The van der Waals surface area contributed by atoms with E-state index in [4.69, 9.17) is 11.0 Å². The Labute approximate surface area is 101 Å². The van der Waals surface area contributed by atoms with Gasteiger partial charge in [-0.2, -0.15) is 10.2 Å². The maximum absolute atomic E-state index is 9.12. The number of rotatable bonds is 2. The number of nitrogens with one attached hydrogen (secondary N) is 1. The van der Waals surface area contributed by atoms with Crippen LogP contribution in [0.15, 0.2) is 6.20 Å². The lowest BCUT2D eigenvalue weighted by Gasteiger charge is -2.28. The molecule has 1 aliphatic rings. The number of hydrogen-bond acceptors (Lipinski definition) is 5. The third-order valence-electron chi connectivity index (χ3n) is 3.24. The van der Waals surface area contributed by atoms with E-state index in [1.165, 1.54) is 0 Å². The first-order valence-electron chi connectivity index (χ1n) is 5.96. The Morgan fingerprint density at radius 1 is 1.47 bits per heavy atom. The Bertz CT molecular complexity index is 437. The number of anilines is 2. The molecule has 0 unspecified atom stereocenters. The van der Waals surface area contributed by atoms with E-state index in [1.807, 2.05) is 6.92 Å². The third kappa shape index (κ3) is 2.64. The normalized spacial score (nSPS) is 24.0. The average Bonchev–Trinajstić information content (AvgIpc) is 2.34. The molecule has 17 heavy (non-hydrogen) atoms. The van der Waals surface area contributed by atoms with E-state index in [2.05, 4.69) is 21.4 Å². The summed E-state index contributed by atoms with van der Waals surface area (Å²) in [5, 5.41) is 12.5. The van der Waals surface area contributed by atoms with Crippen molar-refractivity contribution >= 4 is 11.8 Å². The molecule has 2 rings (SSSR count). The molecule has 90 valence electrons. The van der Waals surface area contributed by atoms with Gasteiger partial charge in [0, 0.05) is 17.8 Å². The van der Waals surface area contributed by atoms with Crippen molar-refractivity contribution in [2.45, 2.75) is 38.6 Å². The van der Waals surface area contributed by atoms with Gasteiger partial charge in [-0.25, -0.2) is 4.98 Å². The topological polar surface area (TPSA) is 87.6 Å². The molecule has 5 nitrogen and oxygen atoms in total. The van der Waals surface area contributed by atoms with Crippen LogP contribution in [0.25, 0.3) is 0 Å². The molecule has 0 aromatic carbocycles. The molecule has 0 aliphatic heterocycles. The Balaban J connectivity index is 2.14. The Kier molecular flexibility index (Phi) is 3.43. The van der Waals surface area contributed by atoms with Gasteiger partial charge in [-0.05, 0) is 19.8 Å². The number of nitrogens with two attached hydrogens (primary N) is 1. The zero-order valence-electron chi connectivity index (χ0n) is 9.98. The lowest BCUT2D eigenvalue weighted by atomic mass is 9.85. The molecule has 1 aromatic rings. The quantitative estimate of drug-likeness (QED) is 0.811. The van der Waals surface area contributed by atoms with Crippen LogP contribution in [0.5, 0.6) is 0 Å². The lowest BCUT2D eigenvalue weighted by Crippen LogP contribution is -2.32. The summed E-state index contributed by atoms with van der Waals surface area (Å²) >= 11 is 0. The van der Waals surface area contributed by atoms with E-state index >= 15 is 0 Å². The summed E-state index contributed by atoms with van der Waals surface area (Å²) in [6.07, 6.45) is 5.99. The van der Waals surface area contributed by atoms with Gasteiger partial charge >= 0.3 is 0 Å². The Morgan fingerprint density at radius 3 is 3.00 bits per heavy atom. The zero-order chi connectivity index (χ0) is 12.3. The monoisotopic (exact) mass is 231 g/mol. The molecule has 1 saturated carbocycles. The summed E-state index contributed by atoms with van der Waals surface area (Å²) in [6.45, 7) is 1.94. The van der Waals surface area contributed by atoms with Crippen molar-refractivity contribution in [3.8, 4) is 6.07 Å². The number of nitriles is 1. The average molecular weight is 231 g/mol. The minimum Gasteiger partial charge on any atom is -0.368 e. The molecular weight excluding hydrogens is 214 g/mol. The van der Waals surface area contributed by atoms with Crippen molar-refractivity contribution in [3.05, 3.63) is 11.8 Å². The second-order valence-corrected chi connectivity index (χ2v) is 4.53. The zero-order valence-corrected chi connectivity index (χ0v) is 9.98. The molecule has 1 aromatic heterocycles. The van der Waals surface area contributed by atoms with Crippen LogP contribution in [-0.2, 0) is 0 Å². The Hall–Kier alpha value is -1.83. The number of hydrogen-bond donors (Lipinski definition) is 2. The number of nitrogen functional groups attached to an aromatic ring is 1. The molecule has 0 radical (unpaired) electrons. The van der Waals surface area contributed by atoms with E-state index in [-0.39, 0.29) is 17.9 Å². The third-order valence-corrected chi connectivity index (χ3v) is 3.24. The first kappa shape index (κ1) is 11.6. The van der Waals surface area contributed by atoms with E-state index in [0.717, 1.165) is 37.1 Å². The number of aromatic nitrogens is 2. The van der Waals surface area contributed by atoms with Crippen LogP contribution < -0.4 is 11.1 Å². The standard InChI is InChI=1S/C12H17N5/c1-8-7-15-12(14)17-11(8)16-10-5-3-2-4-9(10)6-13/h7,9-10H,2-5H2,1H3,(H3,14,15,16,17)/t9-,10+/m0/s1. The summed E-state index contributed by atoms with van der Waals surface area (Å²) in [4.78, 5) is 8.11. The molecule has 2 atom stereocenters. The maximum Gasteiger partial charge on any atom is 0.221 e. The van der Waals surface area contributed by atoms with Crippen LogP contribution in [0.4, 0.5) is 11.8 Å². The largest absolute Gasteiger partial charge is 0.368 e. The highest BCUT2D eigenvalue weighted by Gasteiger charge is 2.25. The van der Waals surface area contributed by atoms with Gasteiger partial charge < -0.3 is 11.1 Å². The number of nitrogens with zero attached hydrogens (tertiary/aromatic N) is 3. The van der Waals surface area contributed by atoms with E-state index in [9.17, 15) is 0 Å². The SMILES string of the molecule is Cc1cnc(N)nc1N[C@@H]1CCCC[C@H]1C#N. The lowest BCUT2D eigenvalue weighted by molar-refractivity contribution is 0.388. The van der Waals surface area contributed by atoms with Gasteiger partial charge in [0.2, 0.25) is 5.95 Å². The van der Waals surface area contributed by atoms with Crippen molar-refractivity contribution in [2.75, 3.05) is 11.1 Å². The summed E-state index contributed by atoms with van der Waals surface area (Å²) in [5.74, 6) is 1.09. The van der Waals surface area contributed by atoms with Gasteiger partial charge in [-0.1, -0.05) is 12.8 Å². The van der Waals surface area contributed by atoms with Crippen LogP contribution in [-0.4, -0.2) is 16.0 Å². The van der Waals surface area contributed by atoms with Gasteiger partial charge in [-0.3, -0.25) is 0 Å². The second-order valence-electron chi connectivity index (χ2n) is 4.53. The van der Waals surface area contributed by atoms with Crippen LogP contribution in [0.1, 0.15) is 31.2 Å². The van der Waals surface area contributed by atoms with Gasteiger partial charge in [0.25, 0.3) is 0 Å². The molecule has 0 bridgehead atoms. The van der Waals surface area contributed by atoms with Gasteiger partial charge in [-0.15, -0.1) is 0 Å². The summed E-state index contributed by atoms with van der Waals surface area (Å²) in [5.41, 5.74) is 6.53. The predicted octanol–water partition coefficient (Wildman–Crippen LogP) is 1.86. The van der Waals surface area contributed by atoms with E-state index in [0.29, 0.717) is 0 Å². The van der Waals surface area contributed by atoms with E-state index < -0.39 is 0 Å². The summed E-state index contributed by atoms with van der Waals surface area (Å²) in [6, 6.07) is 2.55. The molecular formula is C12H17N5. The van der Waals surface area contributed by atoms with Crippen LogP contribution in [0, 0.1) is 24.2 Å². The predicted molar refractivity (Wildman–Crippen MR) is 66.2 cm³/mol. The fourth-order valence-electron chi connectivity index (χ4n) is 2.24. The highest BCUT2D eigenvalue weighted by atomic mass is 15.1. The molecule has 5 heteroatoms. The molecule has 1 aliphatic carbocycles. The van der Waals surface area contributed by atoms with Gasteiger partial charge in [0.05, 0.1) is 12.0 Å². The molecule has 1 fully saturated rings. The molecule has 3 N–H and O–H groups in total. The minimum atomic E-state index is 0.0688. The van der Waals surface area contributed by atoms with Crippen molar-refractivity contribution in [2.24, 2.45) is 5.92 Å². The smallest absolute Gasteiger partial charge is 0.221 e. The molecule has 0 spiro atoms. The molecule has 0 saturated heterocycles.